The highest BCUT2D eigenvalue weighted by atomic mass is 19.1. The molecule has 26 heavy (non-hydrogen) atoms. The van der Waals surface area contributed by atoms with Crippen molar-refractivity contribution in [1.82, 2.24) is 15.2 Å². The van der Waals surface area contributed by atoms with Crippen molar-refractivity contribution in [2.24, 2.45) is 5.92 Å². The summed E-state index contributed by atoms with van der Waals surface area (Å²) in [6, 6.07) is 5.73. The molecule has 2 amide bonds. The number of likely N-dealkylation sites (tertiary alicyclic amines) is 1. The van der Waals surface area contributed by atoms with Crippen molar-refractivity contribution in [1.29, 1.82) is 0 Å². The maximum atomic E-state index is 13.1. The van der Waals surface area contributed by atoms with Crippen LogP contribution in [0.2, 0.25) is 0 Å². The number of oxazole rings is 1. The summed E-state index contributed by atoms with van der Waals surface area (Å²) in [5, 5.41) is 2.97. The number of benzene rings is 1. The molecule has 1 saturated carbocycles. The summed E-state index contributed by atoms with van der Waals surface area (Å²) in [7, 11) is 0. The van der Waals surface area contributed by atoms with Gasteiger partial charge < -0.3 is 14.6 Å². The van der Waals surface area contributed by atoms with Gasteiger partial charge in [-0.1, -0.05) is 0 Å². The van der Waals surface area contributed by atoms with Gasteiger partial charge in [-0.2, -0.15) is 0 Å². The Morgan fingerprint density at radius 3 is 2.46 bits per heavy atom. The lowest BCUT2D eigenvalue weighted by molar-refractivity contribution is -0.133. The van der Waals surface area contributed by atoms with Crippen LogP contribution in [0.3, 0.4) is 0 Å². The van der Waals surface area contributed by atoms with E-state index >= 15 is 0 Å². The molecule has 2 fully saturated rings. The molecule has 2 aromatic rings. The van der Waals surface area contributed by atoms with Crippen LogP contribution < -0.4 is 5.32 Å². The van der Waals surface area contributed by atoms with E-state index < -0.39 is 0 Å². The van der Waals surface area contributed by atoms with E-state index in [1.54, 1.807) is 12.1 Å². The highest BCUT2D eigenvalue weighted by Gasteiger charge is 2.35. The summed E-state index contributed by atoms with van der Waals surface area (Å²) >= 11 is 0. The zero-order chi connectivity index (χ0) is 18.1. The van der Waals surface area contributed by atoms with Crippen molar-refractivity contribution < 1.29 is 18.4 Å². The first-order valence-corrected chi connectivity index (χ1v) is 8.91. The van der Waals surface area contributed by atoms with Gasteiger partial charge in [-0.3, -0.25) is 9.59 Å². The van der Waals surface area contributed by atoms with Crippen LogP contribution in [0.25, 0.3) is 11.3 Å². The molecule has 1 aliphatic carbocycles. The number of carbonyl (C=O) groups excluding carboxylic acids is 2. The molecule has 7 heteroatoms. The molecular formula is C19H20FN3O3. The van der Waals surface area contributed by atoms with Crippen molar-refractivity contribution in [2.75, 3.05) is 13.1 Å². The minimum Gasteiger partial charge on any atom is -0.443 e. The lowest BCUT2D eigenvalue weighted by Crippen LogP contribution is -2.47. The third-order valence-electron chi connectivity index (χ3n) is 4.96. The standard InChI is InChI=1S/C19H20FN3O3/c20-14-5-3-12(4-6-14)17-16(21-11-26-17)18(24)22-15-7-9-23(10-8-15)19(25)13-1-2-13/h3-6,11,13,15H,1-2,7-10H2,(H,22,24). The number of hydrogen-bond acceptors (Lipinski definition) is 4. The van der Waals surface area contributed by atoms with Gasteiger partial charge in [0, 0.05) is 30.6 Å². The quantitative estimate of drug-likeness (QED) is 0.913. The first-order chi connectivity index (χ1) is 12.6. The number of carbonyl (C=O) groups is 2. The minimum atomic E-state index is -0.355. The molecule has 136 valence electrons. The van der Waals surface area contributed by atoms with E-state index in [0.717, 1.165) is 25.7 Å². The Labute approximate surface area is 150 Å². The number of halogens is 1. The van der Waals surface area contributed by atoms with Gasteiger partial charge >= 0.3 is 0 Å². The Kier molecular flexibility index (Phi) is 4.44. The van der Waals surface area contributed by atoms with Gasteiger partial charge in [-0.25, -0.2) is 9.37 Å². The van der Waals surface area contributed by atoms with E-state index in [-0.39, 0.29) is 35.3 Å². The van der Waals surface area contributed by atoms with Gasteiger partial charge in [0.15, 0.2) is 17.8 Å². The number of amides is 2. The second kappa shape index (κ2) is 6.90. The summed E-state index contributed by atoms with van der Waals surface area (Å²) in [6.07, 6.45) is 4.69. The Morgan fingerprint density at radius 2 is 1.81 bits per heavy atom. The van der Waals surface area contributed by atoms with Gasteiger partial charge in [-0.15, -0.1) is 0 Å². The van der Waals surface area contributed by atoms with Crippen LogP contribution in [-0.2, 0) is 4.79 Å². The fourth-order valence-electron chi connectivity index (χ4n) is 3.30. The average Bonchev–Trinajstić information content (AvgIpc) is 3.39. The van der Waals surface area contributed by atoms with Gasteiger partial charge in [0.2, 0.25) is 5.91 Å². The van der Waals surface area contributed by atoms with Crippen LogP contribution in [0.4, 0.5) is 4.39 Å². The number of piperidine rings is 1. The lowest BCUT2D eigenvalue weighted by Gasteiger charge is -2.32. The molecule has 1 saturated heterocycles. The summed E-state index contributed by atoms with van der Waals surface area (Å²) in [5.74, 6) is 0.139. The molecule has 1 aromatic carbocycles. The Balaban J connectivity index is 1.38. The zero-order valence-electron chi connectivity index (χ0n) is 14.3. The second-order valence-electron chi connectivity index (χ2n) is 6.88. The number of nitrogens with one attached hydrogen (secondary N) is 1. The molecule has 4 rings (SSSR count). The van der Waals surface area contributed by atoms with Gasteiger partial charge in [0.1, 0.15) is 5.82 Å². The monoisotopic (exact) mass is 357 g/mol. The molecule has 0 bridgehead atoms. The molecule has 0 radical (unpaired) electrons. The molecule has 0 atom stereocenters. The van der Waals surface area contributed by atoms with Crippen LogP contribution in [0.15, 0.2) is 35.1 Å². The van der Waals surface area contributed by atoms with Crippen LogP contribution in [0, 0.1) is 11.7 Å². The molecule has 6 nitrogen and oxygen atoms in total. The van der Waals surface area contributed by atoms with E-state index in [0.29, 0.717) is 24.4 Å². The lowest BCUT2D eigenvalue weighted by atomic mass is 10.0. The van der Waals surface area contributed by atoms with Crippen LogP contribution in [-0.4, -0.2) is 40.8 Å². The van der Waals surface area contributed by atoms with Crippen molar-refractivity contribution in [3.05, 3.63) is 42.2 Å². The number of aromatic nitrogens is 1. The Hall–Kier alpha value is -2.70. The van der Waals surface area contributed by atoms with Crippen molar-refractivity contribution in [3.8, 4) is 11.3 Å². The fourth-order valence-corrected chi connectivity index (χ4v) is 3.30. The highest BCUT2D eigenvalue weighted by molar-refractivity contribution is 5.97. The third kappa shape index (κ3) is 3.47. The Bertz CT molecular complexity index is 806. The van der Waals surface area contributed by atoms with E-state index in [1.165, 1.54) is 18.5 Å². The molecular weight excluding hydrogens is 337 g/mol. The fraction of sp³-hybridized carbons (Fsp3) is 0.421. The third-order valence-corrected chi connectivity index (χ3v) is 4.96. The Morgan fingerprint density at radius 1 is 1.12 bits per heavy atom. The highest BCUT2D eigenvalue weighted by Crippen LogP contribution is 2.32. The van der Waals surface area contributed by atoms with E-state index in [2.05, 4.69) is 10.3 Å². The van der Waals surface area contributed by atoms with Crippen molar-refractivity contribution in [3.63, 3.8) is 0 Å². The smallest absolute Gasteiger partial charge is 0.274 e. The van der Waals surface area contributed by atoms with Crippen LogP contribution in [0.1, 0.15) is 36.2 Å². The maximum Gasteiger partial charge on any atom is 0.274 e. The second-order valence-corrected chi connectivity index (χ2v) is 6.88. The topological polar surface area (TPSA) is 75.4 Å². The normalized spacial score (nSPS) is 18.0. The van der Waals surface area contributed by atoms with Crippen molar-refractivity contribution in [2.45, 2.75) is 31.7 Å². The molecule has 1 N–H and O–H groups in total. The first-order valence-electron chi connectivity index (χ1n) is 8.91. The summed E-state index contributed by atoms with van der Waals surface area (Å²) in [6.45, 7) is 1.34. The number of nitrogens with zero attached hydrogens (tertiary/aromatic N) is 2. The van der Waals surface area contributed by atoms with Gasteiger partial charge in [0.05, 0.1) is 0 Å². The number of hydrogen-bond donors (Lipinski definition) is 1. The van der Waals surface area contributed by atoms with Crippen LogP contribution >= 0.6 is 0 Å². The van der Waals surface area contributed by atoms with E-state index in [1.807, 2.05) is 4.90 Å². The largest absolute Gasteiger partial charge is 0.443 e. The van der Waals surface area contributed by atoms with Gasteiger partial charge in [-0.05, 0) is 49.9 Å². The SMILES string of the molecule is O=C(NC1CCN(C(=O)C2CC2)CC1)c1ncoc1-c1ccc(F)cc1. The summed E-state index contributed by atoms with van der Waals surface area (Å²) in [5.41, 5.74) is 0.784. The predicted octanol–water partition coefficient (Wildman–Crippen LogP) is 2.61. The van der Waals surface area contributed by atoms with Crippen molar-refractivity contribution >= 4 is 11.8 Å². The summed E-state index contributed by atoms with van der Waals surface area (Å²) in [4.78, 5) is 30.6. The van der Waals surface area contributed by atoms with E-state index in [9.17, 15) is 14.0 Å². The molecule has 2 heterocycles. The molecule has 0 spiro atoms. The first kappa shape index (κ1) is 16.8. The predicted molar refractivity (Wildman–Crippen MR) is 91.7 cm³/mol. The molecule has 0 unspecified atom stereocenters. The summed E-state index contributed by atoms with van der Waals surface area (Å²) < 4.78 is 18.4. The van der Waals surface area contributed by atoms with Crippen LogP contribution in [0.5, 0.6) is 0 Å². The maximum absolute atomic E-state index is 13.1. The molecule has 1 aliphatic heterocycles. The minimum absolute atomic E-state index is 0.00326. The van der Waals surface area contributed by atoms with Gasteiger partial charge in [0.25, 0.3) is 5.91 Å². The zero-order valence-corrected chi connectivity index (χ0v) is 14.3. The average molecular weight is 357 g/mol. The molecule has 2 aliphatic rings. The molecule has 1 aromatic heterocycles. The number of rotatable bonds is 4. The van der Waals surface area contributed by atoms with E-state index in [4.69, 9.17) is 4.42 Å².